The van der Waals surface area contributed by atoms with Gasteiger partial charge in [0.25, 0.3) is 5.91 Å². The van der Waals surface area contributed by atoms with Crippen LogP contribution in [0.15, 0.2) is 60.7 Å². The van der Waals surface area contributed by atoms with E-state index >= 15 is 0 Å². The Labute approximate surface area is 207 Å². The maximum atomic E-state index is 13.8. The highest BCUT2D eigenvalue weighted by Crippen LogP contribution is 2.65. The number of benzene rings is 3. The highest BCUT2D eigenvalue weighted by molar-refractivity contribution is 6.53. The molecule has 4 rings (SSSR count). The number of carbonyl (C=O) groups is 2. The van der Waals surface area contributed by atoms with Crippen molar-refractivity contribution < 1.29 is 18.4 Å². The molecule has 170 valence electrons. The van der Waals surface area contributed by atoms with Gasteiger partial charge in [-0.05, 0) is 60.2 Å². The first-order valence-electron chi connectivity index (χ1n) is 9.58. The second-order valence-corrected chi connectivity index (χ2v) is 9.71. The summed E-state index contributed by atoms with van der Waals surface area (Å²) in [4.78, 5) is 25.5. The third-order valence-corrected chi connectivity index (χ3v) is 6.80. The van der Waals surface area contributed by atoms with E-state index in [1.54, 1.807) is 6.07 Å². The Morgan fingerprint density at radius 2 is 1.45 bits per heavy atom. The van der Waals surface area contributed by atoms with Gasteiger partial charge in [0.05, 0.1) is 21.5 Å². The summed E-state index contributed by atoms with van der Waals surface area (Å²) in [5.74, 6) is -3.63. The molecule has 4 nitrogen and oxygen atoms in total. The molecule has 2 atom stereocenters. The third-order valence-electron chi connectivity index (χ3n) is 5.22. The van der Waals surface area contributed by atoms with Crippen LogP contribution in [0.2, 0.25) is 10.0 Å². The Morgan fingerprint density at radius 3 is 2.12 bits per heavy atom. The molecule has 0 saturated heterocycles. The molecule has 1 saturated carbocycles. The highest BCUT2D eigenvalue weighted by Gasteiger charge is 2.67. The lowest BCUT2D eigenvalue weighted by Gasteiger charge is -2.10. The molecule has 0 heterocycles. The van der Waals surface area contributed by atoms with Crippen LogP contribution in [-0.4, -0.2) is 16.1 Å². The predicted octanol–water partition coefficient (Wildman–Crippen LogP) is 7.05. The maximum absolute atomic E-state index is 13.8. The van der Waals surface area contributed by atoms with Crippen molar-refractivity contribution in [3.8, 4) is 0 Å². The number of carbonyl (C=O) groups excluding carboxylic acids is 2. The Hall–Kier alpha value is -2.38. The van der Waals surface area contributed by atoms with E-state index in [9.17, 15) is 18.4 Å². The molecule has 0 aliphatic heterocycles. The SMILES string of the molecule is O=C(Nc1ccc(F)cc1)c1cc(NC(=O)[C@H]2[C@H](c3ccc(Cl)c(F)c3)C2(Cl)Cl)ccc1Cl. The van der Waals surface area contributed by atoms with E-state index in [-0.39, 0.29) is 21.3 Å². The zero-order chi connectivity index (χ0) is 23.9. The number of anilines is 2. The van der Waals surface area contributed by atoms with Crippen LogP contribution in [0.4, 0.5) is 20.2 Å². The third kappa shape index (κ3) is 4.94. The zero-order valence-corrected chi connectivity index (χ0v) is 19.5. The number of alkyl halides is 2. The summed E-state index contributed by atoms with van der Waals surface area (Å²) in [5.41, 5.74) is 1.19. The van der Waals surface area contributed by atoms with E-state index in [1.807, 2.05) is 0 Å². The average Bonchev–Trinajstić information content (AvgIpc) is 3.35. The summed E-state index contributed by atoms with van der Waals surface area (Å²) in [6, 6.07) is 13.7. The van der Waals surface area contributed by atoms with Gasteiger partial charge in [-0.1, -0.05) is 29.3 Å². The van der Waals surface area contributed by atoms with Crippen LogP contribution < -0.4 is 10.6 Å². The summed E-state index contributed by atoms with van der Waals surface area (Å²) < 4.78 is 25.5. The molecule has 1 aliphatic carbocycles. The normalized spacial score (nSPS) is 18.5. The van der Waals surface area contributed by atoms with Crippen molar-refractivity contribution >= 4 is 69.6 Å². The summed E-state index contributed by atoms with van der Waals surface area (Å²) in [7, 11) is 0. The summed E-state index contributed by atoms with van der Waals surface area (Å²) in [6.45, 7) is 0. The average molecular weight is 530 g/mol. The highest BCUT2D eigenvalue weighted by atomic mass is 35.5. The lowest BCUT2D eigenvalue weighted by molar-refractivity contribution is -0.117. The van der Waals surface area contributed by atoms with Gasteiger partial charge in [0, 0.05) is 17.3 Å². The fourth-order valence-corrected chi connectivity index (χ4v) is 4.65. The molecule has 2 amide bonds. The predicted molar refractivity (Wildman–Crippen MR) is 127 cm³/mol. The van der Waals surface area contributed by atoms with Crippen LogP contribution in [0.25, 0.3) is 0 Å². The van der Waals surface area contributed by atoms with Gasteiger partial charge in [0.15, 0.2) is 0 Å². The van der Waals surface area contributed by atoms with Gasteiger partial charge in [0.1, 0.15) is 16.0 Å². The molecule has 0 unspecified atom stereocenters. The van der Waals surface area contributed by atoms with Gasteiger partial charge >= 0.3 is 0 Å². The molecular weight excluding hydrogens is 516 g/mol. The number of halogens is 6. The number of hydrogen-bond donors (Lipinski definition) is 2. The molecule has 0 bridgehead atoms. The van der Waals surface area contributed by atoms with E-state index in [1.165, 1.54) is 54.6 Å². The van der Waals surface area contributed by atoms with Gasteiger partial charge in [-0.3, -0.25) is 9.59 Å². The second-order valence-electron chi connectivity index (χ2n) is 7.45. The monoisotopic (exact) mass is 528 g/mol. The summed E-state index contributed by atoms with van der Waals surface area (Å²) in [6.07, 6.45) is 0. The van der Waals surface area contributed by atoms with E-state index in [0.717, 1.165) is 0 Å². The van der Waals surface area contributed by atoms with Crippen molar-refractivity contribution in [2.24, 2.45) is 5.92 Å². The van der Waals surface area contributed by atoms with Crippen LogP contribution in [0, 0.1) is 17.6 Å². The molecule has 33 heavy (non-hydrogen) atoms. The van der Waals surface area contributed by atoms with Crippen molar-refractivity contribution in [1.82, 2.24) is 0 Å². The molecule has 1 fully saturated rings. The fourth-order valence-electron chi connectivity index (χ4n) is 3.50. The minimum absolute atomic E-state index is 0.0530. The summed E-state index contributed by atoms with van der Waals surface area (Å²) >= 11 is 24.5. The first-order valence-corrected chi connectivity index (χ1v) is 11.1. The molecule has 3 aromatic carbocycles. The van der Waals surface area contributed by atoms with Crippen LogP contribution in [0.5, 0.6) is 0 Å². The van der Waals surface area contributed by atoms with E-state index in [4.69, 9.17) is 46.4 Å². The molecular formula is C23H14Cl4F2N2O2. The van der Waals surface area contributed by atoms with Gasteiger partial charge in [0.2, 0.25) is 5.91 Å². The molecule has 0 aromatic heterocycles. The van der Waals surface area contributed by atoms with Crippen molar-refractivity contribution in [3.63, 3.8) is 0 Å². The first kappa shape index (κ1) is 23.8. The number of amides is 2. The van der Waals surface area contributed by atoms with Crippen LogP contribution in [-0.2, 0) is 4.79 Å². The minimum atomic E-state index is -1.43. The Morgan fingerprint density at radius 1 is 0.818 bits per heavy atom. The number of rotatable bonds is 5. The molecule has 3 aromatic rings. The first-order chi connectivity index (χ1) is 15.6. The van der Waals surface area contributed by atoms with Gasteiger partial charge in [-0.25, -0.2) is 8.78 Å². The molecule has 1 aliphatic rings. The van der Waals surface area contributed by atoms with Crippen molar-refractivity contribution in [2.45, 2.75) is 10.3 Å². The van der Waals surface area contributed by atoms with Gasteiger partial charge in [-0.2, -0.15) is 0 Å². The summed E-state index contributed by atoms with van der Waals surface area (Å²) in [5, 5.41) is 5.36. The standard InChI is InChI=1S/C23H14Cl4F2N2O2/c24-16-8-6-14(10-15(16)21(32)30-13-4-2-12(28)3-5-13)31-22(33)20-19(23(20,26)27)11-1-7-17(25)18(29)9-11/h1-10,19-20H,(H,30,32)(H,31,33)/t19-,20+/m0/s1. The quantitative estimate of drug-likeness (QED) is 0.348. The van der Waals surface area contributed by atoms with Crippen LogP contribution in [0.1, 0.15) is 21.8 Å². The number of nitrogens with one attached hydrogen (secondary N) is 2. The van der Waals surface area contributed by atoms with Gasteiger partial charge in [-0.15, -0.1) is 23.2 Å². The second kappa shape index (κ2) is 9.11. The van der Waals surface area contributed by atoms with E-state index in [2.05, 4.69) is 10.6 Å². The smallest absolute Gasteiger partial charge is 0.257 e. The Kier molecular flexibility index (Phi) is 6.56. The number of hydrogen-bond acceptors (Lipinski definition) is 2. The lowest BCUT2D eigenvalue weighted by Crippen LogP contribution is -2.18. The molecule has 0 radical (unpaired) electrons. The van der Waals surface area contributed by atoms with Crippen molar-refractivity contribution in [2.75, 3.05) is 10.6 Å². The maximum Gasteiger partial charge on any atom is 0.257 e. The van der Waals surface area contributed by atoms with Crippen LogP contribution in [0.3, 0.4) is 0 Å². The zero-order valence-electron chi connectivity index (χ0n) is 16.5. The largest absolute Gasteiger partial charge is 0.326 e. The minimum Gasteiger partial charge on any atom is -0.326 e. The van der Waals surface area contributed by atoms with Crippen LogP contribution >= 0.6 is 46.4 Å². The Bertz CT molecular complexity index is 1250. The van der Waals surface area contributed by atoms with Crippen molar-refractivity contribution in [3.05, 3.63) is 93.5 Å². The fraction of sp³-hybridized carbons (Fsp3) is 0.130. The lowest BCUT2D eigenvalue weighted by atomic mass is 10.1. The topological polar surface area (TPSA) is 58.2 Å². The van der Waals surface area contributed by atoms with E-state index in [0.29, 0.717) is 11.3 Å². The Balaban J connectivity index is 1.50. The van der Waals surface area contributed by atoms with Crippen molar-refractivity contribution in [1.29, 1.82) is 0 Å². The van der Waals surface area contributed by atoms with E-state index < -0.39 is 39.6 Å². The molecule has 10 heteroatoms. The van der Waals surface area contributed by atoms with Gasteiger partial charge < -0.3 is 10.6 Å². The molecule has 2 N–H and O–H groups in total. The molecule has 0 spiro atoms.